The van der Waals surface area contributed by atoms with Crippen molar-refractivity contribution in [3.05, 3.63) is 58.1 Å². The third-order valence-electron chi connectivity index (χ3n) is 10.5. The number of rotatable bonds is 11. The van der Waals surface area contributed by atoms with Crippen molar-refractivity contribution in [3.63, 3.8) is 0 Å². The Hall–Kier alpha value is -2.91. The number of nitriles is 1. The summed E-state index contributed by atoms with van der Waals surface area (Å²) in [4.78, 5) is 15.8. The van der Waals surface area contributed by atoms with E-state index in [1.54, 1.807) is 0 Å². The molecular weight excluding hydrogens is 516 g/mol. The van der Waals surface area contributed by atoms with Gasteiger partial charge in [-0.05, 0) is 93.2 Å². The molecule has 2 aliphatic heterocycles. The molecule has 2 saturated heterocycles. The molecule has 2 N–H and O–H groups in total. The number of nitrogens with zero attached hydrogens (tertiary/aromatic N) is 5. The monoisotopic (exact) mass is 568 g/mol. The Labute approximate surface area is 254 Å². The van der Waals surface area contributed by atoms with Crippen LogP contribution in [-0.2, 0) is 19.3 Å². The molecule has 0 bridgehead atoms. The molecule has 3 heterocycles. The fourth-order valence-corrected chi connectivity index (χ4v) is 8.51. The molecule has 6 heteroatoms. The highest BCUT2D eigenvalue weighted by Gasteiger charge is 2.49. The number of nitrogens with two attached hydrogens (primary N) is 1. The van der Waals surface area contributed by atoms with Gasteiger partial charge in [-0.3, -0.25) is 4.90 Å². The minimum absolute atomic E-state index is 0.219. The van der Waals surface area contributed by atoms with Gasteiger partial charge in [0.1, 0.15) is 17.7 Å². The molecule has 1 aromatic carbocycles. The molecule has 0 spiro atoms. The molecule has 3 unspecified atom stereocenters. The average molecular weight is 569 g/mol. The first kappa shape index (κ1) is 30.5. The van der Waals surface area contributed by atoms with Crippen molar-refractivity contribution in [1.82, 2.24) is 14.9 Å². The first-order chi connectivity index (χ1) is 20.2. The summed E-state index contributed by atoms with van der Waals surface area (Å²) in [6, 6.07) is 7.22. The Balaban J connectivity index is 1.50. The lowest BCUT2D eigenvalue weighted by molar-refractivity contribution is 0.135. The second-order valence-corrected chi connectivity index (χ2v) is 13.4. The second-order valence-electron chi connectivity index (χ2n) is 13.4. The SMILES string of the molecule is C=C1CN2C(CCC)CCC2(CCc2nc(CC3CC[C@H](C)c4ccc(N)c(C#N)c43)c(CC)c(N(C)CCC)n2)C1. The molecule has 2 fully saturated rings. The maximum atomic E-state index is 10.1. The van der Waals surface area contributed by atoms with E-state index >= 15 is 0 Å². The molecule has 2 aromatic rings. The quantitative estimate of drug-likeness (QED) is 0.224. The number of aromatic nitrogens is 2. The van der Waals surface area contributed by atoms with Crippen molar-refractivity contribution >= 4 is 11.5 Å². The predicted octanol–water partition coefficient (Wildman–Crippen LogP) is 7.46. The Kier molecular flexibility index (Phi) is 9.28. The number of hydrogen-bond acceptors (Lipinski definition) is 6. The number of nitrogen functional groups attached to an aromatic ring is 1. The molecule has 0 saturated carbocycles. The zero-order valence-electron chi connectivity index (χ0n) is 26.8. The van der Waals surface area contributed by atoms with Gasteiger partial charge < -0.3 is 10.6 Å². The normalized spacial score (nSPS) is 25.3. The Morgan fingerprint density at radius 1 is 1.17 bits per heavy atom. The van der Waals surface area contributed by atoms with E-state index in [1.165, 1.54) is 42.4 Å². The van der Waals surface area contributed by atoms with Gasteiger partial charge in [0.05, 0.1) is 11.3 Å². The molecule has 226 valence electrons. The van der Waals surface area contributed by atoms with Gasteiger partial charge in [-0.15, -0.1) is 0 Å². The number of aryl methyl sites for hydroxylation is 1. The van der Waals surface area contributed by atoms with E-state index in [0.717, 1.165) is 87.4 Å². The molecular formula is C36H52N6. The minimum Gasteiger partial charge on any atom is -0.398 e. The van der Waals surface area contributed by atoms with E-state index < -0.39 is 0 Å². The largest absolute Gasteiger partial charge is 0.398 e. The lowest BCUT2D eigenvalue weighted by Crippen LogP contribution is -2.42. The summed E-state index contributed by atoms with van der Waals surface area (Å²) in [6.45, 7) is 15.5. The van der Waals surface area contributed by atoms with Crippen molar-refractivity contribution in [3.8, 4) is 6.07 Å². The molecule has 1 aliphatic carbocycles. The van der Waals surface area contributed by atoms with Gasteiger partial charge in [-0.25, -0.2) is 9.97 Å². The van der Waals surface area contributed by atoms with Crippen LogP contribution in [0.15, 0.2) is 24.3 Å². The maximum Gasteiger partial charge on any atom is 0.135 e. The van der Waals surface area contributed by atoms with Crippen LogP contribution in [0.25, 0.3) is 0 Å². The lowest BCUT2D eigenvalue weighted by atomic mass is 9.73. The van der Waals surface area contributed by atoms with Crippen LogP contribution in [0.5, 0.6) is 0 Å². The van der Waals surface area contributed by atoms with Crippen molar-refractivity contribution in [2.75, 3.05) is 30.8 Å². The first-order valence-electron chi connectivity index (χ1n) is 16.6. The van der Waals surface area contributed by atoms with Gasteiger partial charge >= 0.3 is 0 Å². The smallest absolute Gasteiger partial charge is 0.135 e. The van der Waals surface area contributed by atoms with E-state index in [0.29, 0.717) is 23.2 Å². The third-order valence-corrected chi connectivity index (χ3v) is 10.5. The van der Waals surface area contributed by atoms with Gasteiger partial charge in [0.2, 0.25) is 0 Å². The van der Waals surface area contributed by atoms with Gasteiger partial charge in [0, 0.05) is 49.4 Å². The highest BCUT2D eigenvalue weighted by Crippen LogP contribution is 2.48. The third kappa shape index (κ3) is 5.70. The molecule has 1 aromatic heterocycles. The topological polar surface area (TPSA) is 82.1 Å². The summed E-state index contributed by atoms with van der Waals surface area (Å²) in [5.41, 5.74) is 14.1. The summed E-state index contributed by atoms with van der Waals surface area (Å²) in [6.07, 6.45) is 13.1. The molecule has 3 aliphatic rings. The number of fused-ring (bicyclic) bond motifs is 2. The Morgan fingerprint density at radius 3 is 2.69 bits per heavy atom. The molecule has 42 heavy (non-hydrogen) atoms. The molecule has 6 nitrogen and oxygen atoms in total. The van der Waals surface area contributed by atoms with E-state index in [4.69, 9.17) is 15.7 Å². The van der Waals surface area contributed by atoms with Gasteiger partial charge in [-0.2, -0.15) is 5.26 Å². The van der Waals surface area contributed by atoms with Crippen molar-refractivity contribution in [2.45, 2.75) is 128 Å². The van der Waals surface area contributed by atoms with Crippen LogP contribution in [0.2, 0.25) is 0 Å². The number of hydrogen-bond donors (Lipinski definition) is 1. The predicted molar refractivity (Wildman–Crippen MR) is 174 cm³/mol. The highest BCUT2D eigenvalue weighted by molar-refractivity contribution is 5.63. The highest BCUT2D eigenvalue weighted by atomic mass is 15.3. The van der Waals surface area contributed by atoms with Gasteiger partial charge in [-0.1, -0.05) is 52.3 Å². The van der Waals surface area contributed by atoms with Crippen LogP contribution >= 0.6 is 0 Å². The van der Waals surface area contributed by atoms with Crippen LogP contribution in [0.3, 0.4) is 0 Å². The van der Waals surface area contributed by atoms with E-state index in [2.05, 4.69) is 63.3 Å². The average Bonchev–Trinajstić information content (AvgIpc) is 3.47. The summed E-state index contributed by atoms with van der Waals surface area (Å²) < 4.78 is 0. The van der Waals surface area contributed by atoms with E-state index in [1.807, 2.05) is 6.07 Å². The molecule has 4 atom stereocenters. The molecule has 5 rings (SSSR count). The lowest BCUT2D eigenvalue weighted by Gasteiger charge is -2.35. The van der Waals surface area contributed by atoms with Gasteiger partial charge in [0.25, 0.3) is 0 Å². The standard InChI is InChI=1S/C36H52N6/c1-7-10-27-15-17-36(21-24(4)23-42(27)36)18-16-33-39-32(28(9-3)35(40-33)41(6)19-8-2)20-26-12-11-25(5)29-13-14-31(38)30(22-37)34(26)29/h13-14,25-27H,4,7-12,15-21,23,38H2,1-3,5-6H3/t25-,26?,27?,36?/m0/s1. The van der Waals surface area contributed by atoms with Crippen LogP contribution in [0, 0.1) is 11.3 Å². The number of anilines is 2. The zero-order valence-corrected chi connectivity index (χ0v) is 26.8. The Morgan fingerprint density at radius 2 is 1.98 bits per heavy atom. The molecule has 0 amide bonds. The zero-order chi connectivity index (χ0) is 30.0. The minimum atomic E-state index is 0.219. The summed E-state index contributed by atoms with van der Waals surface area (Å²) in [7, 11) is 2.18. The summed E-state index contributed by atoms with van der Waals surface area (Å²) >= 11 is 0. The second kappa shape index (κ2) is 12.8. The van der Waals surface area contributed by atoms with Crippen molar-refractivity contribution in [1.29, 1.82) is 5.26 Å². The van der Waals surface area contributed by atoms with Crippen LogP contribution in [0.4, 0.5) is 11.5 Å². The van der Waals surface area contributed by atoms with Crippen LogP contribution in [0.1, 0.15) is 131 Å². The van der Waals surface area contributed by atoms with Crippen LogP contribution in [-0.4, -0.2) is 46.6 Å². The molecule has 0 radical (unpaired) electrons. The Bertz CT molecular complexity index is 1340. The fraction of sp³-hybridized carbons (Fsp3) is 0.639. The first-order valence-corrected chi connectivity index (χ1v) is 16.6. The maximum absolute atomic E-state index is 10.1. The summed E-state index contributed by atoms with van der Waals surface area (Å²) in [5, 5.41) is 10.1. The van der Waals surface area contributed by atoms with E-state index in [9.17, 15) is 5.26 Å². The van der Waals surface area contributed by atoms with E-state index in [-0.39, 0.29) is 11.5 Å². The van der Waals surface area contributed by atoms with Gasteiger partial charge in [0.15, 0.2) is 0 Å². The fourth-order valence-electron chi connectivity index (χ4n) is 8.51. The number of benzene rings is 1. The summed E-state index contributed by atoms with van der Waals surface area (Å²) in [5.74, 6) is 2.75. The van der Waals surface area contributed by atoms with Crippen molar-refractivity contribution < 1.29 is 0 Å². The van der Waals surface area contributed by atoms with Crippen molar-refractivity contribution in [2.24, 2.45) is 0 Å². The van der Waals surface area contributed by atoms with Crippen LogP contribution < -0.4 is 10.6 Å².